The summed E-state index contributed by atoms with van der Waals surface area (Å²) in [7, 11) is 3.24. The van der Waals surface area contributed by atoms with Crippen molar-refractivity contribution < 1.29 is 23.4 Å². The lowest BCUT2D eigenvalue weighted by Crippen LogP contribution is -2.48. The van der Waals surface area contributed by atoms with Crippen LogP contribution in [0.5, 0.6) is 23.2 Å². The quantitative estimate of drug-likeness (QED) is 0.613. The fraction of sp³-hybridized carbons (Fsp3) is 0.261. The molecule has 0 atom stereocenters. The predicted octanol–water partition coefficient (Wildman–Crippen LogP) is 4.05. The number of hydrogen-bond acceptors (Lipinski definition) is 6. The Kier molecular flexibility index (Phi) is 5.79. The van der Waals surface area contributed by atoms with Gasteiger partial charge in [-0.3, -0.25) is 4.79 Å². The Morgan fingerprint density at radius 3 is 2.13 bits per heavy atom. The van der Waals surface area contributed by atoms with E-state index in [4.69, 9.17) is 18.6 Å². The SMILES string of the molecule is COc1ccccc1Oc1ccc(C(=O)N2CCN(c3ccccc3OC)CC2)o1. The van der Waals surface area contributed by atoms with Crippen molar-refractivity contribution in [2.75, 3.05) is 45.3 Å². The average Bonchev–Trinajstić information content (AvgIpc) is 3.27. The maximum absolute atomic E-state index is 12.9. The zero-order chi connectivity index (χ0) is 20.9. The first-order chi connectivity index (χ1) is 14.7. The number of rotatable bonds is 6. The van der Waals surface area contributed by atoms with Crippen molar-refractivity contribution in [1.29, 1.82) is 0 Å². The molecule has 30 heavy (non-hydrogen) atoms. The summed E-state index contributed by atoms with van der Waals surface area (Å²) in [6.45, 7) is 2.63. The van der Waals surface area contributed by atoms with Crippen molar-refractivity contribution in [3.63, 3.8) is 0 Å². The molecule has 3 aromatic rings. The number of furan rings is 1. The number of anilines is 1. The maximum Gasteiger partial charge on any atom is 0.290 e. The van der Waals surface area contributed by atoms with E-state index in [0.717, 1.165) is 24.5 Å². The van der Waals surface area contributed by atoms with Crippen LogP contribution in [0.4, 0.5) is 5.69 Å². The summed E-state index contributed by atoms with van der Waals surface area (Å²) in [5.41, 5.74) is 1.04. The molecule has 1 saturated heterocycles. The van der Waals surface area contributed by atoms with Gasteiger partial charge >= 0.3 is 0 Å². The molecule has 2 aromatic carbocycles. The first-order valence-corrected chi connectivity index (χ1v) is 9.77. The third kappa shape index (κ3) is 4.05. The van der Waals surface area contributed by atoms with Crippen LogP contribution in [0, 0.1) is 0 Å². The Hall–Kier alpha value is -3.61. The summed E-state index contributed by atoms with van der Waals surface area (Å²) in [6.07, 6.45) is 0. The number of ether oxygens (including phenoxy) is 3. The second-order valence-electron chi connectivity index (χ2n) is 6.82. The van der Waals surface area contributed by atoms with E-state index < -0.39 is 0 Å². The summed E-state index contributed by atoms with van der Waals surface area (Å²) in [5, 5.41) is 0. The van der Waals surface area contributed by atoms with Crippen molar-refractivity contribution in [3.05, 3.63) is 66.4 Å². The van der Waals surface area contributed by atoms with Gasteiger partial charge in [-0.25, -0.2) is 0 Å². The minimum Gasteiger partial charge on any atom is -0.495 e. The van der Waals surface area contributed by atoms with Crippen molar-refractivity contribution in [3.8, 4) is 23.2 Å². The standard InChI is InChI=1S/C23H24N2O5/c1-27-18-8-4-3-7-17(18)24-13-15-25(16-14-24)23(26)21-11-12-22(30-21)29-20-10-6-5-9-19(20)28-2/h3-12H,13-16H2,1-2H3. The second-order valence-corrected chi connectivity index (χ2v) is 6.82. The van der Waals surface area contributed by atoms with Gasteiger partial charge in [-0.1, -0.05) is 24.3 Å². The van der Waals surface area contributed by atoms with Crippen molar-refractivity contribution in [2.45, 2.75) is 0 Å². The van der Waals surface area contributed by atoms with Crippen LogP contribution in [0.2, 0.25) is 0 Å². The van der Waals surface area contributed by atoms with Crippen LogP contribution in [-0.4, -0.2) is 51.2 Å². The van der Waals surface area contributed by atoms with Crippen LogP contribution in [0.25, 0.3) is 0 Å². The molecule has 4 rings (SSSR count). The fourth-order valence-corrected chi connectivity index (χ4v) is 3.50. The molecule has 0 saturated carbocycles. The molecule has 0 bridgehead atoms. The largest absolute Gasteiger partial charge is 0.495 e. The Labute approximate surface area is 175 Å². The molecule has 1 amide bonds. The molecule has 1 aliphatic rings. The van der Waals surface area contributed by atoms with Crippen LogP contribution in [-0.2, 0) is 0 Å². The van der Waals surface area contributed by atoms with Crippen LogP contribution in [0.15, 0.2) is 65.1 Å². The molecule has 1 fully saturated rings. The van der Waals surface area contributed by atoms with Crippen LogP contribution >= 0.6 is 0 Å². The lowest BCUT2D eigenvalue weighted by molar-refractivity contribution is 0.0709. The zero-order valence-corrected chi connectivity index (χ0v) is 17.0. The smallest absolute Gasteiger partial charge is 0.290 e. The highest BCUT2D eigenvalue weighted by atomic mass is 16.6. The number of carbonyl (C=O) groups excluding carboxylic acids is 1. The van der Waals surface area contributed by atoms with Gasteiger partial charge in [0, 0.05) is 32.2 Å². The molecule has 0 radical (unpaired) electrons. The molecule has 7 nitrogen and oxygen atoms in total. The second kappa shape index (κ2) is 8.82. The lowest BCUT2D eigenvalue weighted by atomic mass is 10.2. The van der Waals surface area contributed by atoms with Crippen molar-refractivity contribution in [2.24, 2.45) is 0 Å². The zero-order valence-electron chi connectivity index (χ0n) is 17.0. The monoisotopic (exact) mass is 408 g/mol. The number of methoxy groups -OCH3 is 2. The molecule has 2 heterocycles. The molecular formula is C23H24N2O5. The van der Waals surface area contributed by atoms with Crippen LogP contribution in [0.1, 0.15) is 10.6 Å². The summed E-state index contributed by atoms with van der Waals surface area (Å²) in [5.74, 6) is 2.31. The average molecular weight is 408 g/mol. The molecule has 0 unspecified atom stereocenters. The highest BCUT2D eigenvalue weighted by molar-refractivity contribution is 5.91. The van der Waals surface area contributed by atoms with Gasteiger partial charge in [-0.2, -0.15) is 0 Å². The van der Waals surface area contributed by atoms with Gasteiger partial charge < -0.3 is 28.4 Å². The van der Waals surface area contributed by atoms with Crippen LogP contribution < -0.4 is 19.1 Å². The Bertz CT molecular complexity index is 1010. The number of carbonyl (C=O) groups is 1. The van der Waals surface area contributed by atoms with E-state index in [1.807, 2.05) is 36.4 Å². The minimum absolute atomic E-state index is 0.149. The number of benzene rings is 2. The molecule has 1 aromatic heterocycles. The maximum atomic E-state index is 12.9. The number of nitrogens with zero attached hydrogens (tertiary/aromatic N) is 2. The normalized spacial score (nSPS) is 13.8. The molecule has 0 aliphatic carbocycles. The lowest BCUT2D eigenvalue weighted by Gasteiger charge is -2.36. The van der Waals surface area contributed by atoms with Crippen molar-refractivity contribution in [1.82, 2.24) is 4.90 Å². The van der Waals surface area contributed by atoms with Gasteiger partial charge in [0.1, 0.15) is 5.75 Å². The molecule has 0 spiro atoms. The Balaban J connectivity index is 1.39. The summed E-state index contributed by atoms with van der Waals surface area (Å²) < 4.78 is 22.1. The molecule has 0 N–H and O–H groups in total. The third-order valence-electron chi connectivity index (χ3n) is 5.06. The summed E-state index contributed by atoms with van der Waals surface area (Å²) >= 11 is 0. The van der Waals surface area contributed by atoms with Gasteiger partial charge in [0.05, 0.1) is 19.9 Å². The summed E-state index contributed by atoms with van der Waals surface area (Å²) in [4.78, 5) is 16.9. The number of piperazine rings is 1. The van der Waals surface area contributed by atoms with E-state index in [2.05, 4.69) is 4.90 Å². The molecule has 7 heteroatoms. The van der Waals surface area contributed by atoms with E-state index in [9.17, 15) is 4.79 Å². The van der Waals surface area contributed by atoms with Gasteiger partial charge in [-0.15, -0.1) is 0 Å². The molecular weight excluding hydrogens is 384 g/mol. The minimum atomic E-state index is -0.149. The molecule has 156 valence electrons. The Morgan fingerprint density at radius 2 is 1.43 bits per heavy atom. The van der Waals surface area contributed by atoms with E-state index in [0.29, 0.717) is 24.6 Å². The number of hydrogen-bond donors (Lipinski definition) is 0. The van der Waals surface area contributed by atoms with E-state index in [1.165, 1.54) is 0 Å². The number of amides is 1. The highest BCUT2D eigenvalue weighted by Crippen LogP contribution is 2.32. The predicted molar refractivity (Wildman–Crippen MR) is 113 cm³/mol. The van der Waals surface area contributed by atoms with Gasteiger partial charge in [0.15, 0.2) is 17.3 Å². The van der Waals surface area contributed by atoms with E-state index in [1.54, 1.807) is 43.4 Å². The summed E-state index contributed by atoms with van der Waals surface area (Å²) in [6, 6.07) is 18.5. The third-order valence-corrected chi connectivity index (χ3v) is 5.06. The first-order valence-electron chi connectivity index (χ1n) is 9.77. The van der Waals surface area contributed by atoms with E-state index in [-0.39, 0.29) is 17.6 Å². The van der Waals surface area contributed by atoms with Gasteiger partial charge in [-0.05, 0) is 30.3 Å². The van der Waals surface area contributed by atoms with Crippen molar-refractivity contribution >= 4 is 11.6 Å². The van der Waals surface area contributed by atoms with E-state index >= 15 is 0 Å². The topological polar surface area (TPSA) is 64.4 Å². The van der Waals surface area contributed by atoms with Gasteiger partial charge in [0.25, 0.3) is 11.9 Å². The molecule has 1 aliphatic heterocycles. The number of para-hydroxylation sites is 4. The Morgan fingerprint density at radius 1 is 0.800 bits per heavy atom. The van der Waals surface area contributed by atoms with Crippen LogP contribution in [0.3, 0.4) is 0 Å². The van der Waals surface area contributed by atoms with Gasteiger partial charge in [0.2, 0.25) is 0 Å². The fourth-order valence-electron chi connectivity index (χ4n) is 3.50. The first kappa shape index (κ1) is 19.7. The highest BCUT2D eigenvalue weighted by Gasteiger charge is 2.26.